The van der Waals surface area contributed by atoms with Gasteiger partial charge in [0.15, 0.2) is 6.04 Å². The number of hydroxylamine groups is 2. The fraction of sp³-hybridized carbons (Fsp3) is 0.600. The molecule has 0 saturated carbocycles. The van der Waals surface area contributed by atoms with E-state index in [0.29, 0.717) is 29.3 Å². The minimum absolute atomic E-state index is 0.0639. The SMILES string of the molecule is Cn1ncc2c1[C@@H](C(=O)NNC(=O)[C@@H]1CCCNC1)N1C[C@@H]2N(OS(=O)(=O)O)C1=O. The lowest BCUT2D eigenvalue weighted by Crippen LogP contribution is -2.52. The van der Waals surface area contributed by atoms with E-state index in [0.717, 1.165) is 17.9 Å². The van der Waals surface area contributed by atoms with Crippen LogP contribution >= 0.6 is 0 Å². The monoisotopic (exact) mass is 443 g/mol. The number of hydrazine groups is 1. The summed E-state index contributed by atoms with van der Waals surface area (Å²) >= 11 is 0. The Morgan fingerprint density at radius 3 is 2.73 bits per heavy atom. The Morgan fingerprint density at radius 1 is 1.33 bits per heavy atom. The van der Waals surface area contributed by atoms with Crippen molar-refractivity contribution in [3.05, 3.63) is 17.5 Å². The van der Waals surface area contributed by atoms with Crippen LogP contribution < -0.4 is 16.2 Å². The van der Waals surface area contributed by atoms with E-state index in [1.165, 1.54) is 10.9 Å². The second kappa shape index (κ2) is 7.50. The number of carbonyl (C=O) groups excluding carboxylic acids is 3. The van der Waals surface area contributed by atoms with Crippen LogP contribution in [-0.4, -0.2) is 70.2 Å². The van der Waals surface area contributed by atoms with E-state index in [1.807, 2.05) is 0 Å². The van der Waals surface area contributed by atoms with Gasteiger partial charge in [-0.05, 0) is 19.4 Å². The molecule has 2 bridgehead atoms. The van der Waals surface area contributed by atoms with Gasteiger partial charge >= 0.3 is 16.4 Å². The van der Waals surface area contributed by atoms with Crippen molar-refractivity contribution in [1.82, 2.24) is 35.9 Å². The highest BCUT2D eigenvalue weighted by atomic mass is 32.3. The molecule has 0 aliphatic carbocycles. The largest absolute Gasteiger partial charge is 0.418 e. The molecule has 4 amide bonds. The van der Waals surface area contributed by atoms with Crippen molar-refractivity contribution in [3.63, 3.8) is 0 Å². The van der Waals surface area contributed by atoms with Gasteiger partial charge in [-0.2, -0.15) is 18.6 Å². The van der Waals surface area contributed by atoms with Gasteiger partial charge in [0.2, 0.25) is 5.91 Å². The van der Waals surface area contributed by atoms with E-state index in [4.69, 9.17) is 4.55 Å². The number of hydrogen-bond donors (Lipinski definition) is 4. The summed E-state index contributed by atoms with van der Waals surface area (Å²) in [6.45, 7) is 1.28. The van der Waals surface area contributed by atoms with Crippen LogP contribution in [0.3, 0.4) is 0 Å². The van der Waals surface area contributed by atoms with E-state index < -0.39 is 34.4 Å². The van der Waals surface area contributed by atoms with Crippen molar-refractivity contribution in [1.29, 1.82) is 0 Å². The van der Waals surface area contributed by atoms with Gasteiger partial charge in [0.25, 0.3) is 5.91 Å². The lowest BCUT2D eigenvalue weighted by atomic mass is 9.97. The van der Waals surface area contributed by atoms with Gasteiger partial charge in [-0.25, -0.2) is 4.79 Å². The molecule has 2 fully saturated rings. The third kappa shape index (κ3) is 3.60. The van der Waals surface area contributed by atoms with Gasteiger partial charge in [-0.1, -0.05) is 0 Å². The molecule has 164 valence electrons. The fourth-order valence-corrected chi connectivity index (χ4v) is 4.43. The second-order valence-electron chi connectivity index (χ2n) is 7.31. The van der Waals surface area contributed by atoms with Crippen LogP contribution in [0.25, 0.3) is 0 Å². The Hall–Kier alpha value is -2.75. The van der Waals surface area contributed by atoms with Crippen LogP contribution in [0.4, 0.5) is 4.79 Å². The highest BCUT2D eigenvalue weighted by Crippen LogP contribution is 2.43. The van der Waals surface area contributed by atoms with E-state index >= 15 is 0 Å². The number of aromatic nitrogens is 2. The molecule has 15 heteroatoms. The van der Waals surface area contributed by atoms with Crippen LogP contribution in [0.1, 0.15) is 36.2 Å². The highest BCUT2D eigenvalue weighted by Gasteiger charge is 2.53. The zero-order valence-electron chi connectivity index (χ0n) is 15.9. The lowest BCUT2D eigenvalue weighted by Gasteiger charge is -2.30. The Balaban J connectivity index is 1.55. The molecule has 0 spiro atoms. The molecule has 0 aromatic carbocycles. The number of nitrogens with one attached hydrogen (secondary N) is 3. The number of fused-ring (bicyclic) bond motifs is 4. The topological polar surface area (TPSA) is 175 Å². The normalized spacial score (nSPS) is 25.8. The summed E-state index contributed by atoms with van der Waals surface area (Å²) in [6.07, 6.45) is 2.93. The first-order chi connectivity index (χ1) is 14.2. The zero-order chi connectivity index (χ0) is 21.6. The highest BCUT2D eigenvalue weighted by molar-refractivity contribution is 7.80. The van der Waals surface area contributed by atoms with Crippen LogP contribution in [0.15, 0.2) is 6.20 Å². The van der Waals surface area contributed by atoms with Gasteiger partial charge in [-0.3, -0.25) is 29.7 Å². The predicted octanol–water partition coefficient (Wildman–Crippen LogP) is -1.87. The van der Waals surface area contributed by atoms with Crippen molar-refractivity contribution < 1.29 is 31.6 Å². The number of urea groups is 1. The van der Waals surface area contributed by atoms with Crippen molar-refractivity contribution >= 4 is 28.2 Å². The molecule has 2 saturated heterocycles. The number of rotatable bonds is 4. The van der Waals surface area contributed by atoms with Gasteiger partial charge < -0.3 is 10.2 Å². The first-order valence-electron chi connectivity index (χ1n) is 9.26. The number of carbonyl (C=O) groups is 3. The van der Waals surface area contributed by atoms with Crippen LogP contribution in [-0.2, 0) is 31.3 Å². The van der Waals surface area contributed by atoms with Gasteiger partial charge in [0, 0.05) is 19.2 Å². The van der Waals surface area contributed by atoms with Gasteiger partial charge in [-0.15, -0.1) is 4.28 Å². The van der Waals surface area contributed by atoms with Crippen LogP contribution in [0.5, 0.6) is 0 Å². The third-order valence-corrected chi connectivity index (χ3v) is 5.78. The summed E-state index contributed by atoms with van der Waals surface area (Å²) in [7, 11) is -3.39. The summed E-state index contributed by atoms with van der Waals surface area (Å²) in [4.78, 5) is 39.0. The summed E-state index contributed by atoms with van der Waals surface area (Å²) < 4.78 is 37.1. The maximum Gasteiger partial charge on any atom is 0.418 e. The molecule has 4 heterocycles. The fourth-order valence-electron chi connectivity index (χ4n) is 4.06. The minimum atomic E-state index is -4.96. The quantitative estimate of drug-likeness (QED) is 0.307. The standard InChI is InChI=1S/C15H21N7O7S/c1-20-11-9(6-17-20)10-7-21(15(25)22(10)29-30(26,27)28)12(11)14(24)19-18-13(23)8-3-2-4-16-5-8/h6,8,10,12,16H,2-5,7H2,1H3,(H,18,23)(H,19,24)(H,26,27,28)/t8-,10+,12+/m1/s1. The van der Waals surface area contributed by atoms with Crippen molar-refractivity contribution in [2.24, 2.45) is 13.0 Å². The predicted molar refractivity (Wildman–Crippen MR) is 97.1 cm³/mol. The Morgan fingerprint density at radius 2 is 2.07 bits per heavy atom. The number of nitrogens with zero attached hydrogens (tertiary/aromatic N) is 4. The average Bonchev–Trinajstić information content (AvgIpc) is 3.21. The molecule has 4 rings (SSSR count). The zero-order valence-corrected chi connectivity index (χ0v) is 16.8. The molecular formula is C15H21N7O7S. The summed E-state index contributed by atoms with van der Waals surface area (Å²) in [5, 5.41) is 7.69. The van der Waals surface area contributed by atoms with Crippen molar-refractivity contribution in [2.75, 3.05) is 19.6 Å². The lowest BCUT2D eigenvalue weighted by molar-refractivity contribution is -0.133. The molecule has 4 N–H and O–H groups in total. The molecule has 1 aromatic heterocycles. The van der Waals surface area contributed by atoms with Crippen LogP contribution in [0.2, 0.25) is 0 Å². The number of hydrogen-bond acceptors (Lipinski definition) is 8. The maximum absolute atomic E-state index is 12.9. The molecule has 3 aliphatic rings. The molecule has 3 aliphatic heterocycles. The minimum Gasteiger partial charge on any atom is -0.316 e. The first-order valence-corrected chi connectivity index (χ1v) is 10.6. The summed E-state index contributed by atoms with van der Waals surface area (Å²) in [6, 6.07) is -2.98. The van der Waals surface area contributed by atoms with E-state index in [1.54, 1.807) is 7.05 Å². The molecule has 3 atom stereocenters. The number of amides is 4. The molecule has 30 heavy (non-hydrogen) atoms. The van der Waals surface area contributed by atoms with Gasteiger partial charge in [0.1, 0.15) is 6.04 Å². The van der Waals surface area contributed by atoms with E-state index in [9.17, 15) is 22.8 Å². The average molecular weight is 443 g/mol. The first kappa shape index (κ1) is 20.5. The Labute approximate surface area is 171 Å². The number of piperidine rings is 1. The summed E-state index contributed by atoms with van der Waals surface area (Å²) in [5.74, 6) is -1.33. The maximum atomic E-state index is 12.9. The third-order valence-electron chi connectivity index (χ3n) is 5.43. The Bertz CT molecular complexity index is 987. The molecule has 14 nitrogen and oxygen atoms in total. The summed E-state index contributed by atoms with van der Waals surface area (Å²) in [5.41, 5.74) is 5.47. The molecule has 0 unspecified atom stereocenters. The van der Waals surface area contributed by atoms with Crippen molar-refractivity contribution in [2.45, 2.75) is 24.9 Å². The number of aryl methyl sites for hydroxylation is 1. The smallest absolute Gasteiger partial charge is 0.316 e. The van der Waals surface area contributed by atoms with E-state index in [2.05, 4.69) is 25.6 Å². The Kier molecular flexibility index (Phi) is 5.13. The van der Waals surface area contributed by atoms with Crippen molar-refractivity contribution in [3.8, 4) is 0 Å². The molecule has 0 radical (unpaired) electrons. The second-order valence-corrected chi connectivity index (χ2v) is 8.32. The van der Waals surface area contributed by atoms with E-state index in [-0.39, 0.29) is 18.4 Å². The van der Waals surface area contributed by atoms with Crippen LogP contribution in [0, 0.1) is 5.92 Å². The molecule has 1 aromatic rings. The van der Waals surface area contributed by atoms with Gasteiger partial charge in [0.05, 0.1) is 24.4 Å². The molecular weight excluding hydrogens is 422 g/mol.